The summed E-state index contributed by atoms with van der Waals surface area (Å²) in [5.74, 6) is -0.576. The van der Waals surface area contributed by atoms with Crippen LogP contribution in [-0.4, -0.2) is 26.8 Å². The highest BCUT2D eigenvalue weighted by molar-refractivity contribution is 6.04. The van der Waals surface area contributed by atoms with Crippen LogP contribution in [-0.2, 0) is 11.3 Å². The fourth-order valence-electron chi connectivity index (χ4n) is 3.18. The van der Waals surface area contributed by atoms with Crippen LogP contribution in [0.15, 0.2) is 36.4 Å². The minimum absolute atomic E-state index is 0.0250. The molecule has 3 aromatic rings. The van der Waals surface area contributed by atoms with E-state index in [1.807, 2.05) is 64.1 Å². The first-order valence-electron chi connectivity index (χ1n) is 9.41. The average molecular weight is 391 g/mol. The predicted molar refractivity (Wildman–Crippen MR) is 113 cm³/mol. The highest BCUT2D eigenvalue weighted by Gasteiger charge is 2.19. The molecule has 1 aromatic heterocycles. The Morgan fingerprint density at radius 3 is 2.28 bits per heavy atom. The van der Waals surface area contributed by atoms with Crippen LogP contribution in [0.3, 0.4) is 0 Å². The molecule has 1 heterocycles. The quantitative estimate of drug-likeness (QED) is 0.694. The molecule has 0 fully saturated rings. The van der Waals surface area contributed by atoms with Gasteiger partial charge in [0, 0.05) is 11.4 Å². The highest BCUT2D eigenvalue weighted by atomic mass is 16.2. The van der Waals surface area contributed by atoms with E-state index < -0.39 is 0 Å². The minimum Gasteiger partial charge on any atom is -0.324 e. The molecular weight excluding hydrogens is 366 g/mol. The van der Waals surface area contributed by atoms with Gasteiger partial charge in [0.05, 0.1) is 5.69 Å². The van der Waals surface area contributed by atoms with Gasteiger partial charge in [-0.25, -0.2) is 4.68 Å². The number of hydrogen-bond donors (Lipinski definition) is 2. The van der Waals surface area contributed by atoms with Crippen LogP contribution in [0.1, 0.15) is 38.4 Å². The number of aryl methyl sites for hydroxylation is 4. The topological polar surface area (TPSA) is 88.9 Å². The van der Waals surface area contributed by atoms with Crippen molar-refractivity contribution in [2.24, 2.45) is 0 Å². The number of benzene rings is 2. The molecule has 0 radical (unpaired) electrons. The van der Waals surface area contributed by atoms with E-state index in [1.54, 1.807) is 6.92 Å². The summed E-state index contributed by atoms with van der Waals surface area (Å²) in [6, 6.07) is 11.6. The molecule has 2 amide bonds. The maximum atomic E-state index is 12.7. The summed E-state index contributed by atoms with van der Waals surface area (Å²) >= 11 is 0. The Hall–Kier alpha value is -3.48. The molecule has 3 rings (SSSR count). The number of nitrogens with zero attached hydrogens (tertiary/aromatic N) is 3. The van der Waals surface area contributed by atoms with E-state index in [2.05, 4.69) is 20.9 Å². The van der Waals surface area contributed by atoms with Crippen LogP contribution in [0.25, 0.3) is 0 Å². The highest BCUT2D eigenvalue weighted by Crippen LogP contribution is 2.21. The SMILES string of the molecule is Cc1ccc(NC(=O)Cn2nnc(C(=O)Nc3c(C)cccc3C)c2C)c(C)c1. The molecule has 7 heteroatoms. The number of hydrogen-bond acceptors (Lipinski definition) is 4. The van der Waals surface area contributed by atoms with Gasteiger partial charge in [-0.1, -0.05) is 41.1 Å². The van der Waals surface area contributed by atoms with Crippen molar-refractivity contribution in [3.8, 4) is 0 Å². The fourth-order valence-corrected chi connectivity index (χ4v) is 3.18. The first kappa shape index (κ1) is 20.3. The summed E-state index contributed by atoms with van der Waals surface area (Å²) in [6.45, 7) is 9.52. The number of carbonyl (C=O) groups excluding carboxylic acids is 2. The van der Waals surface area contributed by atoms with Crippen molar-refractivity contribution in [1.82, 2.24) is 15.0 Å². The first-order valence-corrected chi connectivity index (χ1v) is 9.41. The van der Waals surface area contributed by atoms with Crippen molar-refractivity contribution >= 4 is 23.2 Å². The zero-order chi connectivity index (χ0) is 21.1. The third kappa shape index (κ3) is 4.51. The van der Waals surface area contributed by atoms with Crippen molar-refractivity contribution in [2.45, 2.75) is 41.2 Å². The molecule has 0 aliphatic carbocycles. The summed E-state index contributed by atoms with van der Waals surface area (Å²) in [5, 5.41) is 13.7. The third-order valence-electron chi connectivity index (χ3n) is 4.87. The van der Waals surface area contributed by atoms with Gasteiger partial charge in [-0.15, -0.1) is 5.10 Å². The number of amides is 2. The second kappa shape index (κ2) is 8.26. The largest absolute Gasteiger partial charge is 0.324 e. The number of aromatic nitrogens is 3. The monoisotopic (exact) mass is 391 g/mol. The van der Waals surface area contributed by atoms with Crippen LogP contribution in [0, 0.1) is 34.6 Å². The molecule has 2 aromatic carbocycles. The van der Waals surface area contributed by atoms with Gasteiger partial charge in [-0.2, -0.15) is 0 Å². The Morgan fingerprint density at radius 2 is 1.62 bits per heavy atom. The second-order valence-electron chi connectivity index (χ2n) is 7.27. The fraction of sp³-hybridized carbons (Fsp3) is 0.273. The lowest BCUT2D eigenvalue weighted by Gasteiger charge is -2.11. The van der Waals surface area contributed by atoms with Crippen molar-refractivity contribution in [3.05, 3.63) is 70.0 Å². The van der Waals surface area contributed by atoms with Crippen LogP contribution >= 0.6 is 0 Å². The van der Waals surface area contributed by atoms with Gasteiger partial charge in [0.1, 0.15) is 6.54 Å². The summed E-state index contributed by atoms with van der Waals surface area (Å²) in [6.07, 6.45) is 0. The molecule has 0 spiro atoms. The lowest BCUT2D eigenvalue weighted by atomic mass is 10.1. The maximum absolute atomic E-state index is 12.7. The van der Waals surface area contributed by atoms with E-state index in [1.165, 1.54) is 4.68 Å². The normalized spacial score (nSPS) is 10.7. The molecule has 150 valence electrons. The van der Waals surface area contributed by atoms with Crippen molar-refractivity contribution < 1.29 is 9.59 Å². The maximum Gasteiger partial charge on any atom is 0.278 e. The zero-order valence-electron chi connectivity index (χ0n) is 17.3. The van der Waals surface area contributed by atoms with Crippen LogP contribution in [0.2, 0.25) is 0 Å². The van der Waals surface area contributed by atoms with Gasteiger partial charge in [0.25, 0.3) is 5.91 Å². The van der Waals surface area contributed by atoms with E-state index >= 15 is 0 Å². The van der Waals surface area contributed by atoms with E-state index in [0.29, 0.717) is 5.69 Å². The van der Waals surface area contributed by atoms with E-state index in [9.17, 15) is 9.59 Å². The molecule has 0 aliphatic rings. The van der Waals surface area contributed by atoms with Gasteiger partial charge >= 0.3 is 0 Å². The molecule has 29 heavy (non-hydrogen) atoms. The minimum atomic E-state index is -0.346. The molecule has 0 bridgehead atoms. The van der Waals surface area contributed by atoms with Crippen molar-refractivity contribution in [3.63, 3.8) is 0 Å². The summed E-state index contributed by atoms with van der Waals surface area (Å²) in [5.41, 5.74) is 6.31. The molecule has 0 saturated carbocycles. The van der Waals surface area contributed by atoms with Crippen molar-refractivity contribution in [2.75, 3.05) is 10.6 Å². The summed E-state index contributed by atoms with van der Waals surface area (Å²) < 4.78 is 1.43. The molecule has 0 saturated heterocycles. The summed E-state index contributed by atoms with van der Waals surface area (Å²) in [4.78, 5) is 25.1. The Bertz CT molecular complexity index is 1060. The van der Waals surface area contributed by atoms with E-state index in [-0.39, 0.29) is 24.1 Å². The van der Waals surface area contributed by atoms with Crippen molar-refractivity contribution in [1.29, 1.82) is 0 Å². The predicted octanol–water partition coefficient (Wildman–Crippen LogP) is 3.71. The number of anilines is 2. The number of nitrogens with one attached hydrogen (secondary N) is 2. The lowest BCUT2D eigenvalue weighted by molar-refractivity contribution is -0.117. The lowest BCUT2D eigenvalue weighted by Crippen LogP contribution is -2.21. The number of carbonyl (C=O) groups is 2. The standard InChI is InChI=1S/C22H25N5O2/c1-13-9-10-18(16(4)11-13)23-19(28)12-27-17(5)21(25-26-27)22(29)24-20-14(2)7-6-8-15(20)3/h6-11H,12H2,1-5H3,(H,23,28)(H,24,29). The number of para-hydroxylation sites is 1. The molecule has 2 N–H and O–H groups in total. The van der Waals surface area contributed by atoms with Crippen LogP contribution in [0.4, 0.5) is 11.4 Å². The molecule has 0 atom stereocenters. The Balaban J connectivity index is 1.71. The first-order chi connectivity index (χ1) is 13.8. The zero-order valence-corrected chi connectivity index (χ0v) is 17.3. The number of rotatable bonds is 5. The Labute approximate surface area is 170 Å². The van der Waals surface area contributed by atoms with Crippen LogP contribution in [0.5, 0.6) is 0 Å². The van der Waals surface area contributed by atoms with Gasteiger partial charge < -0.3 is 10.6 Å². The average Bonchev–Trinajstić information content (AvgIpc) is 3.01. The Kier molecular flexibility index (Phi) is 5.77. The molecule has 0 aliphatic heterocycles. The molecular formula is C22H25N5O2. The van der Waals surface area contributed by atoms with Gasteiger partial charge in [0.2, 0.25) is 5.91 Å². The smallest absolute Gasteiger partial charge is 0.278 e. The molecule has 7 nitrogen and oxygen atoms in total. The van der Waals surface area contributed by atoms with Gasteiger partial charge in [0.15, 0.2) is 5.69 Å². The molecule has 0 unspecified atom stereocenters. The van der Waals surface area contributed by atoms with Gasteiger partial charge in [-0.3, -0.25) is 9.59 Å². The summed E-state index contributed by atoms with van der Waals surface area (Å²) in [7, 11) is 0. The second-order valence-corrected chi connectivity index (χ2v) is 7.27. The van der Waals surface area contributed by atoms with Gasteiger partial charge in [-0.05, 0) is 57.4 Å². The Morgan fingerprint density at radius 1 is 0.931 bits per heavy atom. The van der Waals surface area contributed by atoms with Crippen LogP contribution < -0.4 is 10.6 Å². The van der Waals surface area contributed by atoms with E-state index in [4.69, 9.17) is 0 Å². The van der Waals surface area contributed by atoms with E-state index in [0.717, 1.165) is 33.6 Å². The third-order valence-corrected chi connectivity index (χ3v) is 4.87.